The quantitative estimate of drug-likeness (QED) is 0.773. The van der Waals surface area contributed by atoms with E-state index in [2.05, 4.69) is 43.4 Å². The molecule has 0 saturated heterocycles. The summed E-state index contributed by atoms with van der Waals surface area (Å²) in [6, 6.07) is 10.9. The van der Waals surface area contributed by atoms with Gasteiger partial charge < -0.3 is 10.4 Å². The molecule has 1 aromatic carbocycles. The fraction of sp³-hybridized carbons (Fsp3) is 0.571. The standard InChI is InChI=1S/C14H23NO/c1-4-14(16)10-15-12(3)11(2)13-8-6-5-7-9-13/h5-9,11-12,14-16H,4,10H2,1-3H3/t11-,12-,14-/m1/s1. The summed E-state index contributed by atoms with van der Waals surface area (Å²) in [7, 11) is 0. The zero-order valence-corrected chi connectivity index (χ0v) is 10.5. The van der Waals surface area contributed by atoms with E-state index in [1.54, 1.807) is 0 Å². The van der Waals surface area contributed by atoms with E-state index in [0.717, 1.165) is 6.42 Å². The van der Waals surface area contributed by atoms with Crippen molar-refractivity contribution in [3.05, 3.63) is 35.9 Å². The van der Waals surface area contributed by atoms with Gasteiger partial charge in [-0.3, -0.25) is 0 Å². The number of nitrogens with one attached hydrogen (secondary N) is 1. The molecule has 2 nitrogen and oxygen atoms in total. The van der Waals surface area contributed by atoms with Gasteiger partial charge in [0.1, 0.15) is 0 Å². The van der Waals surface area contributed by atoms with Crippen molar-refractivity contribution < 1.29 is 5.11 Å². The van der Waals surface area contributed by atoms with Crippen LogP contribution in [0.25, 0.3) is 0 Å². The summed E-state index contributed by atoms with van der Waals surface area (Å²) in [4.78, 5) is 0. The molecule has 0 fully saturated rings. The number of hydrogen-bond donors (Lipinski definition) is 2. The lowest BCUT2D eigenvalue weighted by molar-refractivity contribution is 0.162. The Balaban J connectivity index is 2.45. The van der Waals surface area contributed by atoms with Crippen molar-refractivity contribution in [2.24, 2.45) is 0 Å². The molecule has 0 aliphatic rings. The molecule has 0 aliphatic carbocycles. The summed E-state index contributed by atoms with van der Waals surface area (Å²) in [5, 5.41) is 12.9. The summed E-state index contributed by atoms with van der Waals surface area (Å²) < 4.78 is 0. The second-order valence-corrected chi connectivity index (χ2v) is 4.46. The third kappa shape index (κ3) is 3.95. The molecule has 0 aliphatic heterocycles. The van der Waals surface area contributed by atoms with Crippen LogP contribution in [0.5, 0.6) is 0 Å². The maximum absolute atomic E-state index is 9.50. The molecule has 2 heteroatoms. The molecular formula is C14H23NO. The molecule has 0 unspecified atom stereocenters. The molecule has 3 atom stereocenters. The Morgan fingerprint density at radius 3 is 2.38 bits per heavy atom. The van der Waals surface area contributed by atoms with Gasteiger partial charge in [-0.05, 0) is 24.8 Å². The van der Waals surface area contributed by atoms with E-state index >= 15 is 0 Å². The maximum atomic E-state index is 9.50. The number of benzene rings is 1. The summed E-state index contributed by atoms with van der Waals surface area (Å²) in [6.07, 6.45) is 0.574. The molecule has 0 heterocycles. The maximum Gasteiger partial charge on any atom is 0.0662 e. The van der Waals surface area contributed by atoms with Crippen LogP contribution in [0.2, 0.25) is 0 Å². The number of hydrogen-bond acceptors (Lipinski definition) is 2. The minimum atomic E-state index is -0.231. The highest BCUT2D eigenvalue weighted by molar-refractivity contribution is 5.20. The lowest BCUT2D eigenvalue weighted by Crippen LogP contribution is -2.36. The van der Waals surface area contributed by atoms with Crippen molar-refractivity contribution in [2.45, 2.75) is 45.3 Å². The van der Waals surface area contributed by atoms with E-state index < -0.39 is 0 Å². The Morgan fingerprint density at radius 1 is 1.19 bits per heavy atom. The van der Waals surface area contributed by atoms with E-state index in [0.29, 0.717) is 18.5 Å². The molecule has 0 aromatic heterocycles. The van der Waals surface area contributed by atoms with Crippen LogP contribution >= 0.6 is 0 Å². The monoisotopic (exact) mass is 221 g/mol. The van der Waals surface area contributed by atoms with Crippen molar-refractivity contribution in [2.75, 3.05) is 6.54 Å². The Hall–Kier alpha value is -0.860. The van der Waals surface area contributed by atoms with Gasteiger partial charge in [0.15, 0.2) is 0 Å². The van der Waals surface area contributed by atoms with E-state index in [1.807, 2.05) is 13.0 Å². The fourth-order valence-corrected chi connectivity index (χ4v) is 1.69. The van der Waals surface area contributed by atoms with Gasteiger partial charge in [0.25, 0.3) is 0 Å². The van der Waals surface area contributed by atoms with E-state index in [4.69, 9.17) is 0 Å². The summed E-state index contributed by atoms with van der Waals surface area (Å²) in [5.74, 6) is 0.463. The second-order valence-electron chi connectivity index (χ2n) is 4.46. The molecule has 0 saturated carbocycles. The van der Waals surface area contributed by atoms with Crippen molar-refractivity contribution in [3.63, 3.8) is 0 Å². The first-order valence-electron chi connectivity index (χ1n) is 6.11. The van der Waals surface area contributed by atoms with Crippen LogP contribution in [0, 0.1) is 0 Å². The van der Waals surface area contributed by atoms with Crippen LogP contribution in [0.4, 0.5) is 0 Å². The highest BCUT2D eigenvalue weighted by atomic mass is 16.3. The highest BCUT2D eigenvalue weighted by Gasteiger charge is 2.14. The largest absolute Gasteiger partial charge is 0.392 e. The first-order valence-corrected chi connectivity index (χ1v) is 6.11. The normalized spacial score (nSPS) is 16.8. The van der Waals surface area contributed by atoms with E-state index in [9.17, 15) is 5.11 Å². The molecule has 0 amide bonds. The molecule has 2 N–H and O–H groups in total. The van der Waals surface area contributed by atoms with Crippen LogP contribution in [-0.4, -0.2) is 23.8 Å². The predicted octanol–water partition coefficient (Wildman–Crippen LogP) is 2.54. The van der Waals surface area contributed by atoms with Crippen molar-refractivity contribution in [1.82, 2.24) is 5.32 Å². The first kappa shape index (κ1) is 13.2. The molecule has 0 bridgehead atoms. The van der Waals surface area contributed by atoms with Crippen LogP contribution < -0.4 is 5.32 Å². The Labute approximate surface area is 98.7 Å². The third-order valence-corrected chi connectivity index (χ3v) is 3.22. The summed E-state index contributed by atoms with van der Waals surface area (Å²) in [5.41, 5.74) is 1.34. The van der Waals surface area contributed by atoms with Gasteiger partial charge in [0.05, 0.1) is 6.10 Å². The van der Waals surface area contributed by atoms with Gasteiger partial charge in [0.2, 0.25) is 0 Å². The smallest absolute Gasteiger partial charge is 0.0662 e. The average Bonchev–Trinajstić information content (AvgIpc) is 2.35. The Morgan fingerprint density at radius 2 is 1.81 bits per heavy atom. The van der Waals surface area contributed by atoms with Crippen LogP contribution in [0.15, 0.2) is 30.3 Å². The number of aliphatic hydroxyl groups is 1. The van der Waals surface area contributed by atoms with Crippen LogP contribution in [-0.2, 0) is 0 Å². The Bertz CT molecular complexity index is 286. The minimum Gasteiger partial charge on any atom is -0.392 e. The first-order chi connectivity index (χ1) is 7.65. The molecule has 1 rings (SSSR count). The SMILES string of the molecule is CC[C@@H](O)CN[C@H](C)[C@@H](C)c1ccccc1. The topological polar surface area (TPSA) is 32.3 Å². The number of rotatable bonds is 6. The zero-order chi connectivity index (χ0) is 12.0. The van der Waals surface area contributed by atoms with E-state index in [-0.39, 0.29) is 6.10 Å². The van der Waals surface area contributed by atoms with Gasteiger partial charge in [-0.15, -0.1) is 0 Å². The lowest BCUT2D eigenvalue weighted by atomic mass is 9.94. The fourth-order valence-electron chi connectivity index (χ4n) is 1.69. The lowest BCUT2D eigenvalue weighted by Gasteiger charge is -2.23. The van der Waals surface area contributed by atoms with Gasteiger partial charge in [0, 0.05) is 12.6 Å². The molecule has 16 heavy (non-hydrogen) atoms. The zero-order valence-electron chi connectivity index (χ0n) is 10.5. The third-order valence-electron chi connectivity index (χ3n) is 3.22. The highest BCUT2D eigenvalue weighted by Crippen LogP contribution is 2.18. The van der Waals surface area contributed by atoms with Crippen molar-refractivity contribution in [3.8, 4) is 0 Å². The van der Waals surface area contributed by atoms with Gasteiger partial charge >= 0.3 is 0 Å². The van der Waals surface area contributed by atoms with Crippen molar-refractivity contribution in [1.29, 1.82) is 0 Å². The summed E-state index contributed by atoms with van der Waals surface area (Å²) in [6.45, 7) is 7.05. The predicted molar refractivity (Wildman–Crippen MR) is 68.6 cm³/mol. The minimum absolute atomic E-state index is 0.231. The van der Waals surface area contributed by atoms with Crippen molar-refractivity contribution >= 4 is 0 Å². The Kier molecular flexibility index (Phi) is 5.50. The average molecular weight is 221 g/mol. The van der Waals surface area contributed by atoms with Gasteiger partial charge in [-0.1, -0.05) is 44.2 Å². The summed E-state index contributed by atoms with van der Waals surface area (Å²) >= 11 is 0. The molecular weight excluding hydrogens is 198 g/mol. The molecule has 0 spiro atoms. The number of aliphatic hydroxyl groups excluding tert-OH is 1. The van der Waals surface area contributed by atoms with Crippen LogP contribution in [0.1, 0.15) is 38.7 Å². The molecule has 1 aromatic rings. The van der Waals surface area contributed by atoms with E-state index in [1.165, 1.54) is 5.56 Å². The molecule has 0 radical (unpaired) electrons. The van der Waals surface area contributed by atoms with Gasteiger partial charge in [-0.2, -0.15) is 0 Å². The second kappa shape index (κ2) is 6.66. The molecule has 90 valence electrons. The van der Waals surface area contributed by atoms with Gasteiger partial charge in [-0.25, -0.2) is 0 Å². The van der Waals surface area contributed by atoms with Crippen LogP contribution in [0.3, 0.4) is 0 Å².